The Morgan fingerprint density at radius 1 is 0.792 bits per heavy atom. The summed E-state index contributed by atoms with van der Waals surface area (Å²) in [4.78, 5) is 0. The van der Waals surface area contributed by atoms with Crippen molar-refractivity contribution in [1.29, 1.82) is 0 Å². The molecule has 0 aromatic heterocycles. The lowest BCUT2D eigenvalue weighted by Crippen LogP contribution is -2.01. The van der Waals surface area contributed by atoms with E-state index in [9.17, 15) is 0 Å². The zero-order valence-electron chi connectivity index (χ0n) is 13.1. The molecule has 1 N–H and O–H groups in total. The van der Waals surface area contributed by atoms with E-state index in [1.807, 2.05) is 66.7 Å². The highest BCUT2D eigenvalue weighted by Gasteiger charge is 2.01. The number of allylic oxidation sites excluding steroid dienone is 1. The summed E-state index contributed by atoms with van der Waals surface area (Å²) in [6.07, 6.45) is 4.09. The monoisotopic (exact) mass is 376 g/mol. The number of nitrogens with one attached hydrogen (secondary N) is 1. The molecule has 3 rings (SSSR count). The standard InChI is InChI=1S/C21H17BrN2/c22-19-13-7-8-14-21(19)24-23-20(18-11-5-2-6-12-18)16-15-17-9-3-1-4-10-17/h1-16,24H. The lowest BCUT2D eigenvalue weighted by molar-refractivity contribution is 1.32. The van der Waals surface area contributed by atoms with Crippen LogP contribution in [0.25, 0.3) is 6.08 Å². The van der Waals surface area contributed by atoms with E-state index in [4.69, 9.17) is 0 Å². The van der Waals surface area contributed by atoms with Crippen LogP contribution in [0.3, 0.4) is 0 Å². The summed E-state index contributed by atoms with van der Waals surface area (Å²) in [5.74, 6) is 0. The minimum Gasteiger partial charge on any atom is -0.277 e. The van der Waals surface area contributed by atoms with Crippen molar-refractivity contribution < 1.29 is 0 Å². The van der Waals surface area contributed by atoms with Gasteiger partial charge < -0.3 is 0 Å². The molecule has 118 valence electrons. The molecule has 0 unspecified atom stereocenters. The molecule has 0 atom stereocenters. The van der Waals surface area contributed by atoms with Crippen molar-refractivity contribution in [2.75, 3.05) is 5.43 Å². The van der Waals surface area contributed by atoms with Gasteiger partial charge in [0.15, 0.2) is 0 Å². The summed E-state index contributed by atoms with van der Waals surface area (Å²) in [5.41, 5.74) is 7.14. The van der Waals surface area contributed by atoms with Crippen molar-refractivity contribution >= 4 is 33.4 Å². The predicted molar refractivity (Wildman–Crippen MR) is 106 cm³/mol. The molecule has 0 bridgehead atoms. The highest BCUT2D eigenvalue weighted by molar-refractivity contribution is 9.10. The van der Waals surface area contributed by atoms with Gasteiger partial charge in [-0.25, -0.2) is 0 Å². The second-order valence-electron chi connectivity index (χ2n) is 5.20. The van der Waals surface area contributed by atoms with Crippen LogP contribution in [0, 0.1) is 0 Å². The van der Waals surface area contributed by atoms with Crippen LogP contribution in [0.4, 0.5) is 5.69 Å². The van der Waals surface area contributed by atoms with Crippen molar-refractivity contribution in [3.05, 3.63) is 107 Å². The van der Waals surface area contributed by atoms with Crippen LogP contribution in [0.15, 0.2) is 101 Å². The number of nitrogens with zero attached hydrogens (tertiary/aromatic N) is 1. The fourth-order valence-electron chi connectivity index (χ4n) is 2.22. The van der Waals surface area contributed by atoms with E-state index in [1.165, 1.54) is 0 Å². The molecule has 0 radical (unpaired) electrons. The molecule has 0 aliphatic carbocycles. The van der Waals surface area contributed by atoms with Gasteiger partial charge in [0.05, 0.1) is 11.4 Å². The molecule has 0 spiro atoms. The number of hydrogen-bond acceptors (Lipinski definition) is 2. The predicted octanol–water partition coefficient (Wildman–Crippen LogP) is 5.98. The molecule has 3 aromatic carbocycles. The maximum Gasteiger partial charge on any atom is 0.0905 e. The molecule has 24 heavy (non-hydrogen) atoms. The molecule has 0 amide bonds. The zero-order valence-corrected chi connectivity index (χ0v) is 14.6. The molecule has 0 fully saturated rings. The van der Waals surface area contributed by atoms with Crippen LogP contribution in [-0.4, -0.2) is 5.71 Å². The number of hydrogen-bond donors (Lipinski definition) is 1. The molecule has 3 heteroatoms. The zero-order chi connectivity index (χ0) is 16.6. The Balaban J connectivity index is 1.89. The van der Waals surface area contributed by atoms with Gasteiger partial charge in [0.2, 0.25) is 0 Å². The molecular formula is C21H17BrN2. The first kappa shape index (κ1) is 16.2. The van der Waals surface area contributed by atoms with Gasteiger partial charge in [-0.1, -0.05) is 78.9 Å². The Bertz CT molecular complexity index is 840. The van der Waals surface area contributed by atoms with Crippen molar-refractivity contribution in [2.24, 2.45) is 5.10 Å². The maximum atomic E-state index is 4.59. The minimum absolute atomic E-state index is 0.871. The van der Waals surface area contributed by atoms with E-state index in [-0.39, 0.29) is 0 Å². The summed E-state index contributed by atoms with van der Waals surface area (Å²) in [6, 6.07) is 28.3. The van der Waals surface area contributed by atoms with Crippen molar-refractivity contribution in [1.82, 2.24) is 0 Å². The van der Waals surface area contributed by atoms with Crippen LogP contribution in [0.5, 0.6) is 0 Å². The van der Waals surface area contributed by atoms with E-state index < -0.39 is 0 Å². The smallest absolute Gasteiger partial charge is 0.0905 e. The fraction of sp³-hybridized carbons (Fsp3) is 0. The van der Waals surface area contributed by atoms with Crippen LogP contribution in [0.2, 0.25) is 0 Å². The molecule has 2 nitrogen and oxygen atoms in total. The summed E-state index contributed by atoms with van der Waals surface area (Å²) in [7, 11) is 0. The quantitative estimate of drug-likeness (QED) is 0.429. The average molecular weight is 377 g/mol. The van der Waals surface area contributed by atoms with E-state index in [0.717, 1.165) is 27.0 Å². The van der Waals surface area contributed by atoms with Gasteiger partial charge in [0.25, 0.3) is 0 Å². The lowest BCUT2D eigenvalue weighted by Gasteiger charge is -2.06. The largest absolute Gasteiger partial charge is 0.277 e. The Kier molecular flexibility index (Phi) is 5.59. The lowest BCUT2D eigenvalue weighted by atomic mass is 10.1. The van der Waals surface area contributed by atoms with Gasteiger partial charge in [-0.05, 0) is 39.7 Å². The maximum absolute atomic E-state index is 4.59. The van der Waals surface area contributed by atoms with Crippen molar-refractivity contribution in [3.63, 3.8) is 0 Å². The molecule has 0 saturated carbocycles. The van der Waals surface area contributed by atoms with Gasteiger partial charge in [0.1, 0.15) is 0 Å². The van der Waals surface area contributed by atoms with Crippen LogP contribution < -0.4 is 5.43 Å². The fourth-order valence-corrected chi connectivity index (χ4v) is 2.59. The Morgan fingerprint density at radius 2 is 1.42 bits per heavy atom. The van der Waals surface area contributed by atoms with Gasteiger partial charge in [-0.15, -0.1) is 0 Å². The number of hydrazone groups is 1. The van der Waals surface area contributed by atoms with E-state index in [0.29, 0.717) is 0 Å². The third kappa shape index (κ3) is 4.43. The number of halogens is 1. The topological polar surface area (TPSA) is 24.4 Å². The SMILES string of the molecule is Brc1ccccc1NN=C(C=Cc1ccccc1)c1ccccc1. The van der Waals surface area contributed by atoms with Crippen LogP contribution >= 0.6 is 15.9 Å². The molecule has 0 saturated heterocycles. The number of anilines is 1. The number of rotatable bonds is 5. The van der Waals surface area contributed by atoms with E-state index in [1.54, 1.807) is 0 Å². The summed E-state index contributed by atoms with van der Waals surface area (Å²) in [5, 5.41) is 4.59. The second-order valence-corrected chi connectivity index (χ2v) is 6.05. The third-order valence-electron chi connectivity index (χ3n) is 3.47. The van der Waals surface area contributed by atoms with Crippen molar-refractivity contribution in [3.8, 4) is 0 Å². The summed E-state index contributed by atoms with van der Waals surface area (Å²) in [6.45, 7) is 0. The van der Waals surface area contributed by atoms with Crippen LogP contribution in [-0.2, 0) is 0 Å². The van der Waals surface area contributed by atoms with Crippen molar-refractivity contribution in [2.45, 2.75) is 0 Å². The van der Waals surface area contributed by atoms with E-state index >= 15 is 0 Å². The first-order valence-electron chi connectivity index (χ1n) is 7.70. The molecule has 0 heterocycles. The minimum atomic E-state index is 0.871. The summed E-state index contributed by atoms with van der Waals surface area (Å²) >= 11 is 3.53. The van der Waals surface area contributed by atoms with E-state index in [2.05, 4.69) is 56.8 Å². The second kappa shape index (κ2) is 8.27. The van der Waals surface area contributed by atoms with Gasteiger partial charge in [-0.3, -0.25) is 5.43 Å². The normalized spacial score (nSPS) is 11.6. The molecule has 0 aliphatic rings. The third-order valence-corrected chi connectivity index (χ3v) is 4.16. The van der Waals surface area contributed by atoms with Gasteiger partial charge >= 0.3 is 0 Å². The number of para-hydroxylation sites is 1. The highest BCUT2D eigenvalue weighted by Crippen LogP contribution is 2.21. The average Bonchev–Trinajstić information content (AvgIpc) is 2.65. The number of benzene rings is 3. The summed E-state index contributed by atoms with van der Waals surface area (Å²) < 4.78 is 0.980. The Hall–Kier alpha value is -2.65. The Morgan fingerprint density at radius 3 is 2.12 bits per heavy atom. The molecule has 0 aliphatic heterocycles. The molecular weight excluding hydrogens is 360 g/mol. The highest BCUT2D eigenvalue weighted by atomic mass is 79.9. The first-order valence-corrected chi connectivity index (χ1v) is 8.49. The van der Waals surface area contributed by atoms with Crippen LogP contribution in [0.1, 0.15) is 11.1 Å². The Labute approximate surface area is 150 Å². The molecule has 3 aromatic rings. The van der Waals surface area contributed by atoms with Gasteiger partial charge in [0, 0.05) is 10.0 Å². The van der Waals surface area contributed by atoms with Gasteiger partial charge in [-0.2, -0.15) is 5.10 Å². The first-order chi connectivity index (χ1) is 11.8.